The fourth-order valence-corrected chi connectivity index (χ4v) is 1.92. The Morgan fingerprint density at radius 1 is 1.19 bits per heavy atom. The molecular weight excluding hydrogens is 279 g/mol. The van der Waals surface area contributed by atoms with Crippen molar-refractivity contribution in [2.24, 2.45) is 0 Å². The fourth-order valence-electron chi connectivity index (χ4n) is 1.92. The molecule has 1 aromatic carbocycles. The normalized spacial score (nSPS) is 14.8. The number of rotatable bonds is 5. The number of ether oxygens (including phenoxy) is 1. The Bertz CT molecular complexity index is 528. The molecule has 1 aliphatic rings. The molecular formula is C14H15FN2O4. The molecule has 1 fully saturated rings. The summed E-state index contributed by atoms with van der Waals surface area (Å²) < 4.78 is 18.0. The van der Waals surface area contributed by atoms with Crippen LogP contribution in [0.5, 0.6) is 5.75 Å². The molecule has 0 aromatic heterocycles. The molecule has 1 saturated heterocycles. The van der Waals surface area contributed by atoms with Crippen molar-refractivity contribution in [2.45, 2.75) is 12.8 Å². The number of nitrogens with one attached hydrogen (secondary N) is 1. The van der Waals surface area contributed by atoms with Gasteiger partial charge in [-0.25, -0.2) is 4.39 Å². The first-order valence-electron chi connectivity index (χ1n) is 6.53. The Kier molecular flexibility index (Phi) is 4.86. The second kappa shape index (κ2) is 6.83. The molecule has 1 N–H and O–H groups in total. The Labute approximate surface area is 120 Å². The van der Waals surface area contributed by atoms with Crippen molar-refractivity contribution >= 4 is 17.7 Å². The molecule has 0 radical (unpaired) electrons. The summed E-state index contributed by atoms with van der Waals surface area (Å²) >= 11 is 0. The van der Waals surface area contributed by atoms with Crippen molar-refractivity contribution in [2.75, 3.05) is 19.7 Å². The highest BCUT2D eigenvalue weighted by atomic mass is 19.1. The van der Waals surface area contributed by atoms with Crippen LogP contribution in [0.2, 0.25) is 0 Å². The van der Waals surface area contributed by atoms with Crippen LogP contribution in [0.25, 0.3) is 0 Å². The number of piperazine rings is 1. The number of imide groups is 1. The lowest BCUT2D eigenvalue weighted by atomic mass is 10.2. The average molecular weight is 294 g/mol. The first kappa shape index (κ1) is 15.0. The topological polar surface area (TPSA) is 75.7 Å². The zero-order chi connectivity index (χ0) is 15.2. The van der Waals surface area contributed by atoms with E-state index in [4.69, 9.17) is 4.74 Å². The van der Waals surface area contributed by atoms with Crippen molar-refractivity contribution in [3.8, 4) is 5.75 Å². The van der Waals surface area contributed by atoms with Crippen LogP contribution in [0.1, 0.15) is 12.8 Å². The summed E-state index contributed by atoms with van der Waals surface area (Å²) in [7, 11) is 0. The highest BCUT2D eigenvalue weighted by molar-refractivity contribution is 6.02. The van der Waals surface area contributed by atoms with E-state index in [2.05, 4.69) is 5.32 Å². The van der Waals surface area contributed by atoms with Gasteiger partial charge >= 0.3 is 0 Å². The number of amides is 3. The van der Waals surface area contributed by atoms with E-state index in [9.17, 15) is 18.8 Å². The summed E-state index contributed by atoms with van der Waals surface area (Å²) in [6.07, 6.45) is 0.629. The van der Waals surface area contributed by atoms with E-state index in [1.165, 1.54) is 29.2 Å². The first-order chi connectivity index (χ1) is 10.0. The third-order valence-corrected chi connectivity index (χ3v) is 2.92. The summed E-state index contributed by atoms with van der Waals surface area (Å²) in [4.78, 5) is 35.4. The minimum atomic E-state index is -0.470. The fraction of sp³-hybridized carbons (Fsp3) is 0.357. The molecule has 21 heavy (non-hydrogen) atoms. The van der Waals surface area contributed by atoms with Crippen LogP contribution in [0.4, 0.5) is 4.39 Å². The summed E-state index contributed by atoms with van der Waals surface area (Å²) in [6.45, 7) is 0.109. The number of nitrogens with zero attached hydrogens (tertiary/aromatic N) is 1. The highest BCUT2D eigenvalue weighted by Gasteiger charge is 2.25. The standard InChI is InChI=1S/C14H15FN2O4/c15-10-3-5-11(6-4-10)21-7-1-2-14(20)17-8-12(18)16-13(19)9-17/h3-6H,1-2,7-9H2,(H,16,18,19). The van der Waals surface area contributed by atoms with E-state index in [0.29, 0.717) is 18.8 Å². The third-order valence-electron chi connectivity index (χ3n) is 2.92. The van der Waals surface area contributed by atoms with Gasteiger partial charge in [-0.3, -0.25) is 19.7 Å². The van der Waals surface area contributed by atoms with Crippen LogP contribution in [-0.2, 0) is 14.4 Å². The van der Waals surface area contributed by atoms with E-state index >= 15 is 0 Å². The minimum absolute atomic E-state index is 0.0939. The van der Waals surface area contributed by atoms with Crippen molar-refractivity contribution in [3.05, 3.63) is 30.1 Å². The van der Waals surface area contributed by atoms with Gasteiger partial charge in [-0.05, 0) is 30.7 Å². The third kappa shape index (κ3) is 4.55. The second-order valence-corrected chi connectivity index (χ2v) is 4.63. The number of halogens is 1. The van der Waals surface area contributed by atoms with E-state index in [1.54, 1.807) is 0 Å². The number of hydrogen-bond donors (Lipinski definition) is 1. The Morgan fingerprint density at radius 3 is 2.43 bits per heavy atom. The van der Waals surface area contributed by atoms with Gasteiger partial charge in [0.25, 0.3) is 0 Å². The number of benzene rings is 1. The lowest BCUT2D eigenvalue weighted by Gasteiger charge is -2.25. The van der Waals surface area contributed by atoms with Gasteiger partial charge in [0.1, 0.15) is 24.7 Å². The molecule has 1 heterocycles. The molecule has 0 unspecified atom stereocenters. The molecule has 112 valence electrons. The van der Waals surface area contributed by atoms with Gasteiger partial charge < -0.3 is 9.64 Å². The van der Waals surface area contributed by atoms with Gasteiger partial charge in [-0.15, -0.1) is 0 Å². The summed E-state index contributed by atoms with van der Waals surface area (Å²) in [6, 6.07) is 5.59. The predicted molar refractivity (Wildman–Crippen MR) is 70.9 cm³/mol. The highest BCUT2D eigenvalue weighted by Crippen LogP contribution is 2.11. The maximum Gasteiger partial charge on any atom is 0.246 e. The maximum atomic E-state index is 12.7. The number of carbonyl (C=O) groups is 3. The number of hydrogen-bond acceptors (Lipinski definition) is 4. The molecule has 0 atom stereocenters. The van der Waals surface area contributed by atoms with E-state index in [0.717, 1.165) is 0 Å². The average Bonchev–Trinajstić information content (AvgIpc) is 2.44. The quantitative estimate of drug-likeness (QED) is 0.632. The van der Waals surface area contributed by atoms with Gasteiger partial charge in [-0.2, -0.15) is 0 Å². The van der Waals surface area contributed by atoms with E-state index < -0.39 is 11.8 Å². The molecule has 0 saturated carbocycles. The molecule has 2 rings (SSSR count). The van der Waals surface area contributed by atoms with Crippen LogP contribution in [0.15, 0.2) is 24.3 Å². The largest absolute Gasteiger partial charge is 0.494 e. The minimum Gasteiger partial charge on any atom is -0.494 e. The summed E-state index contributed by atoms with van der Waals surface area (Å²) in [5, 5.41) is 2.13. The smallest absolute Gasteiger partial charge is 0.246 e. The molecule has 0 bridgehead atoms. The van der Waals surface area contributed by atoms with Crippen LogP contribution in [0, 0.1) is 5.82 Å². The van der Waals surface area contributed by atoms with Crippen molar-refractivity contribution in [3.63, 3.8) is 0 Å². The Balaban J connectivity index is 1.70. The van der Waals surface area contributed by atoms with Gasteiger partial charge in [0.2, 0.25) is 17.7 Å². The first-order valence-corrected chi connectivity index (χ1v) is 6.53. The molecule has 6 nitrogen and oxygen atoms in total. The lowest BCUT2D eigenvalue weighted by molar-refractivity contribution is -0.145. The van der Waals surface area contributed by atoms with Gasteiger partial charge in [0, 0.05) is 6.42 Å². The molecule has 3 amide bonds. The van der Waals surface area contributed by atoms with Crippen molar-refractivity contribution in [1.29, 1.82) is 0 Å². The Morgan fingerprint density at radius 2 is 1.81 bits per heavy atom. The van der Waals surface area contributed by atoms with Crippen molar-refractivity contribution in [1.82, 2.24) is 10.2 Å². The molecule has 1 aliphatic heterocycles. The summed E-state index contributed by atoms with van der Waals surface area (Å²) in [5.74, 6) is -1.02. The van der Waals surface area contributed by atoms with Gasteiger partial charge in [-0.1, -0.05) is 0 Å². The second-order valence-electron chi connectivity index (χ2n) is 4.63. The van der Waals surface area contributed by atoms with Crippen LogP contribution < -0.4 is 10.1 Å². The predicted octanol–water partition coefficient (Wildman–Crippen LogP) is 0.470. The van der Waals surface area contributed by atoms with Gasteiger partial charge in [0.15, 0.2) is 0 Å². The Hall–Kier alpha value is -2.44. The number of carbonyl (C=O) groups excluding carboxylic acids is 3. The van der Waals surface area contributed by atoms with Crippen molar-refractivity contribution < 1.29 is 23.5 Å². The van der Waals surface area contributed by atoms with Crippen LogP contribution in [0.3, 0.4) is 0 Å². The SMILES string of the molecule is O=C1CN(C(=O)CCCOc2ccc(F)cc2)CC(=O)N1. The monoisotopic (exact) mass is 294 g/mol. The molecule has 0 spiro atoms. The zero-order valence-electron chi connectivity index (χ0n) is 11.3. The lowest BCUT2D eigenvalue weighted by Crippen LogP contribution is -2.53. The van der Waals surface area contributed by atoms with Crippen LogP contribution in [-0.4, -0.2) is 42.3 Å². The summed E-state index contributed by atoms with van der Waals surface area (Å²) in [5.41, 5.74) is 0. The molecule has 0 aliphatic carbocycles. The van der Waals surface area contributed by atoms with E-state index in [-0.39, 0.29) is 31.2 Å². The molecule has 1 aromatic rings. The molecule has 7 heteroatoms. The van der Waals surface area contributed by atoms with Gasteiger partial charge in [0.05, 0.1) is 6.61 Å². The van der Waals surface area contributed by atoms with Crippen LogP contribution >= 0.6 is 0 Å². The zero-order valence-corrected chi connectivity index (χ0v) is 11.3. The maximum absolute atomic E-state index is 12.7. The van der Waals surface area contributed by atoms with E-state index in [1.807, 2.05) is 0 Å².